The summed E-state index contributed by atoms with van der Waals surface area (Å²) >= 11 is 0. The topological polar surface area (TPSA) is 61.3 Å². The Labute approximate surface area is 65.9 Å². The van der Waals surface area contributed by atoms with E-state index in [1.807, 2.05) is 13.1 Å². The van der Waals surface area contributed by atoms with E-state index >= 15 is 0 Å². The zero-order valence-electron chi connectivity index (χ0n) is 5.48. The summed E-state index contributed by atoms with van der Waals surface area (Å²) in [6, 6.07) is 0. The van der Waals surface area contributed by atoms with E-state index in [9.17, 15) is 0 Å². The highest BCUT2D eigenvalue weighted by molar-refractivity contribution is 6.71. The minimum absolute atomic E-state index is 0. The summed E-state index contributed by atoms with van der Waals surface area (Å²) in [6.07, 6.45) is 0.643. The second-order valence-electron chi connectivity index (χ2n) is 2.27. The van der Waals surface area contributed by atoms with E-state index in [2.05, 4.69) is 0 Å². The Morgan fingerprint density at radius 3 is 1.70 bits per heavy atom. The highest BCUT2D eigenvalue weighted by Crippen LogP contribution is 1.97. The number of rotatable bonds is 3. The lowest BCUT2D eigenvalue weighted by molar-refractivity contribution is 0.319. The first-order valence-corrected chi connectivity index (χ1v) is 5.78. The minimum Gasteiger partial charge on any atom is -0.404 e. The van der Waals surface area contributed by atoms with Gasteiger partial charge in [-0.1, -0.05) is 14.9 Å². The molecule has 4 N–H and O–H groups in total. The predicted molar refractivity (Wildman–Crippen MR) is 50.1 cm³/mol. The monoisotopic (exact) mass is 166 g/mol. The molecule has 0 saturated heterocycles. The third-order valence-electron chi connectivity index (χ3n) is 0.966. The lowest BCUT2D eigenvalue weighted by Crippen LogP contribution is -2.41. The van der Waals surface area contributed by atoms with Gasteiger partial charge in [-0.2, -0.15) is 0 Å². The van der Waals surface area contributed by atoms with Crippen molar-refractivity contribution in [2.45, 2.75) is 27.9 Å². The standard InChI is InChI=1S/C4H14N2OSi.2CH4/c1-8(2,4-6)7-3-5;;/h3-6H2,1-2H3;2*1H4. The quantitative estimate of drug-likeness (QED) is 0.483. The summed E-state index contributed by atoms with van der Waals surface area (Å²) in [4.78, 5) is 0. The van der Waals surface area contributed by atoms with Crippen molar-refractivity contribution < 1.29 is 4.43 Å². The highest BCUT2D eigenvalue weighted by atomic mass is 28.4. The molecule has 0 unspecified atom stereocenters. The third kappa shape index (κ3) is 8.10. The van der Waals surface area contributed by atoms with Crippen LogP contribution in [0, 0.1) is 0 Å². The molecule has 4 heteroatoms. The Bertz CT molecular complexity index is 68.8. The smallest absolute Gasteiger partial charge is 0.201 e. The Hall–Kier alpha value is 0.0969. The van der Waals surface area contributed by atoms with Crippen LogP contribution in [-0.2, 0) is 4.43 Å². The van der Waals surface area contributed by atoms with Gasteiger partial charge in [0.05, 0.1) is 6.73 Å². The Morgan fingerprint density at radius 1 is 1.20 bits per heavy atom. The summed E-state index contributed by atoms with van der Waals surface area (Å²) in [6.45, 7) is 4.39. The molecule has 0 aliphatic carbocycles. The van der Waals surface area contributed by atoms with Crippen molar-refractivity contribution >= 4 is 8.32 Å². The van der Waals surface area contributed by atoms with Crippen LogP contribution in [0.15, 0.2) is 0 Å². The first kappa shape index (κ1) is 16.6. The lowest BCUT2D eigenvalue weighted by Gasteiger charge is -2.18. The van der Waals surface area contributed by atoms with Crippen molar-refractivity contribution in [2.24, 2.45) is 11.5 Å². The van der Waals surface area contributed by atoms with Gasteiger partial charge in [0.2, 0.25) is 8.32 Å². The second-order valence-corrected chi connectivity index (χ2v) is 6.49. The molecule has 10 heavy (non-hydrogen) atoms. The van der Waals surface area contributed by atoms with Gasteiger partial charge < -0.3 is 15.9 Å². The number of hydrogen-bond donors (Lipinski definition) is 2. The maximum Gasteiger partial charge on any atom is 0.201 e. The van der Waals surface area contributed by atoms with Crippen molar-refractivity contribution in [1.29, 1.82) is 0 Å². The van der Waals surface area contributed by atoms with Crippen LogP contribution in [-0.4, -0.2) is 21.2 Å². The largest absolute Gasteiger partial charge is 0.404 e. The van der Waals surface area contributed by atoms with Gasteiger partial charge in [0.25, 0.3) is 0 Å². The van der Waals surface area contributed by atoms with Gasteiger partial charge in [0.1, 0.15) is 0 Å². The highest BCUT2D eigenvalue weighted by Gasteiger charge is 2.18. The molecule has 0 radical (unpaired) electrons. The summed E-state index contributed by atoms with van der Waals surface area (Å²) < 4.78 is 5.17. The molecule has 0 rings (SSSR count). The molecule has 0 aliphatic heterocycles. The molecule has 0 atom stereocenters. The molecule has 0 aliphatic rings. The van der Waals surface area contributed by atoms with Crippen molar-refractivity contribution in [3.05, 3.63) is 0 Å². The first-order valence-electron chi connectivity index (χ1n) is 2.66. The van der Waals surface area contributed by atoms with Crippen molar-refractivity contribution in [2.75, 3.05) is 12.9 Å². The molecule has 0 aromatic rings. The average molecular weight is 166 g/mol. The van der Waals surface area contributed by atoms with Crippen molar-refractivity contribution in [1.82, 2.24) is 0 Å². The summed E-state index contributed by atoms with van der Waals surface area (Å²) in [7, 11) is -1.52. The molecule has 0 amide bonds. The average Bonchev–Trinajstić information content (AvgIpc) is 1.67. The molecular formula is C6H22N2OSi. The van der Waals surface area contributed by atoms with E-state index in [0.717, 1.165) is 0 Å². The van der Waals surface area contributed by atoms with Crippen LogP contribution in [0.5, 0.6) is 0 Å². The van der Waals surface area contributed by atoms with Gasteiger partial charge >= 0.3 is 0 Å². The number of hydrogen-bond acceptors (Lipinski definition) is 3. The molecular weight excluding hydrogens is 144 g/mol. The number of nitrogens with two attached hydrogens (primary N) is 2. The molecule has 0 heterocycles. The van der Waals surface area contributed by atoms with Gasteiger partial charge in [0, 0.05) is 6.17 Å². The fraction of sp³-hybridized carbons (Fsp3) is 1.00. The molecule has 66 valence electrons. The SMILES string of the molecule is C.C.C[Si](C)(CN)OCN. The van der Waals surface area contributed by atoms with Crippen LogP contribution in [0.25, 0.3) is 0 Å². The summed E-state index contributed by atoms with van der Waals surface area (Å²) in [5.41, 5.74) is 10.5. The zero-order chi connectivity index (χ0) is 6.62. The van der Waals surface area contributed by atoms with Gasteiger partial charge in [-0.3, -0.25) is 0 Å². The molecule has 0 aromatic heterocycles. The van der Waals surface area contributed by atoms with Crippen molar-refractivity contribution in [3.63, 3.8) is 0 Å². The third-order valence-corrected chi connectivity index (χ3v) is 2.90. The van der Waals surface area contributed by atoms with Gasteiger partial charge in [-0.15, -0.1) is 0 Å². The lowest BCUT2D eigenvalue weighted by atomic mass is 11.4. The van der Waals surface area contributed by atoms with Crippen LogP contribution in [0.1, 0.15) is 14.9 Å². The maximum atomic E-state index is 5.37. The van der Waals surface area contributed by atoms with Crippen LogP contribution >= 0.6 is 0 Å². The predicted octanol–water partition coefficient (Wildman–Crippen LogP) is 0.894. The summed E-state index contributed by atoms with van der Waals surface area (Å²) in [5.74, 6) is 0. The van der Waals surface area contributed by atoms with E-state index in [1.54, 1.807) is 0 Å². The van der Waals surface area contributed by atoms with E-state index < -0.39 is 8.32 Å². The Morgan fingerprint density at radius 2 is 1.60 bits per heavy atom. The Balaban J connectivity index is -0.000000245. The fourth-order valence-corrected chi connectivity index (χ4v) is 0.854. The Kier molecular flexibility index (Phi) is 12.0. The molecule has 0 bridgehead atoms. The molecule has 0 aromatic carbocycles. The van der Waals surface area contributed by atoms with Crippen LogP contribution in [0.2, 0.25) is 13.1 Å². The molecule has 0 spiro atoms. The second kappa shape index (κ2) is 7.21. The fourth-order valence-electron chi connectivity index (χ4n) is 0.285. The molecule has 3 nitrogen and oxygen atoms in total. The molecule has 0 saturated carbocycles. The normalized spacial score (nSPS) is 9.60. The van der Waals surface area contributed by atoms with E-state index in [-0.39, 0.29) is 14.9 Å². The zero-order valence-corrected chi connectivity index (χ0v) is 6.48. The summed E-state index contributed by atoms with van der Waals surface area (Å²) in [5, 5.41) is 0. The van der Waals surface area contributed by atoms with Crippen molar-refractivity contribution in [3.8, 4) is 0 Å². The van der Waals surface area contributed by atoms with Gasteiger partial charge in [-0.25, -0.2) is 0 Å². The van der Waals surface area contributed by atoms with Gasteiger partial charge in [-0.05, 0) is 13.1 Å². The van der Waals surface area contributed by atoms with E-state index in [4.69, 9.17) is 15.9 Å². The maximum absolute atomic E-state index is 5.37. The first-order chi connectivity index (χ1) is 3.62. The van der Waals surface area contributed by atoms with Crippen LogP contribution in [0.3, 0.4) is 0 Å². The van der Waals surface area contributed by atoms with Crippen LogP contribution < -0.4 is 11.5 Å². The van der Waals surface area contributed by atoms with E-state index in [0.29, 0.717) is 12.9 Å². The van der Waals surface area contributed by atoms with Crippen LogP contribution in [0.4, 0.5) is 0 Å². The molecule has 0 fully saturated rings. The minimum atomic E-state index is -1.52. The van der Waals surface area contributed by atoms with Gasteiger partial charge in [0.15, 0.2) is 0 Å². The van der Waals surface area contributed by atoms with E-state index in [1.165, 1.54) is 0 Å².